The molecular weight excluding hydrogens is 418 g/mol. The Labute approximate surface area is 196 Å². The minimum atomic E-state index is -1.79. The maximum atomic E-state index is 6.64. The zero-order valence-corrected chi connectivity index (χ0v) is 20.9. The van der Waals surface area contributed by atoms with Gasteiger partial charge < -0.3 is 4.74 Å². The van der Waals surface area contributed by atoms with Crippen molar-refractivity contribution >= 4 is 40.0 Å². The Kier molecular flexibility index (Phi) is 4.30. The molecule has 4 aromatic carbocycles. The molecule has 162 valence electrons. The largest absolute Gasteiger partial charge is 0.449 e. The van der Waals surface area contributed by atoms with E-state index in [1.807, 2.05) is 0 Å². The zero-order valence-electron chi connectivity index (χ0n) is 19.9. The van der Waals surface area contributed by atoms with Gasteiger partial charge in [-0.15, -0.1) is 0 Å². The lowest BCUT2D eigenvalue weighted by atomic mass is 9.90. The summed E-state index contributed by atoms with van der Waals surface area (Å²) in [5, 5.41) is 7.75. The van der Waals surface area contributed by atoms with Crippen LogP contribution in [0.4, 0.5) is 0 Å². The van der Waals surface area contributed by atoms with Gasteiger partial charge in [-0.2, -0.15) is 4.57 Å². The highest BCUT2D eigenvalue weighted by Gasteiger charge is 2.33. The average molecular weight is 447 g/mol. The van der Waals surface area contributed by atoms with Crippen molar-refractivity contribution in [3.8, 4) is 22.8 Å². The molecule has 0 bridgehead atoms. The number of rotatable bonds is 2. The Morgan fingerprint density at radius 1 is 0.788 bits per heavy atom. The second-order valence-corrected chi connectivity index (χ2v) is 14.3. The number of fused-ring (bicyclic) bond motifs is 4. The lowest BCUT2D eigenvalue weighted by Crippen LogP contribution is -2.52. The number of aromatic nitrogens is 1. The zero-order chi connectivity index (χ0) is 22.9. The van der Waals surface area contributed by atoms with Gasteiger partial charge in [0, 0.05) is 16.2 Å². The molecule has 1 aliphatic heterocycles. The number of ether oxygens (including phenoxy) is 1. The molecule has 0 N–H and O–H groups in total. The molecule has 33 heavy (non-hydrogen) atoms. The fraction of sp³-hybridized carbons (Fsp3) is 0.167. The van der Waals surface area contributed by atoms with Gasteiger partial charge in [-0.05, 0) is 42.5 Å². The fourth-order valence-electron chi connectivity index (χ4n) is 5.39. The van der Waals surface area contributed by atoms with Gasteiger partial charge in [0.05, 0.1) is 5.56 Å². The molecule has 0 unspecified atom stereocenters. The van der Waals surface area contributed by atoms with Crippen molar-refractivity contribution in [1.82, 2.24) is 0 Å². The minimum Gasteiger partial charge on any atom is -0.449 e. The van der Waals surface area contributed by atoms with Crippen molar-refractivity contribution in [3.63, 3.8) is 0 Å². The molecule has 1 aromatic heterocycles. The van der Waals surface area contributed by atoms with Crippen LogP contribution in [0.2, 0.25) is 13.1 Å². The summed E-state index contributed by atoms with van der Waals surface area (Å²) in [7, 11) is 0.359. The van der Waals surface area contributed by atoms with E-state index >= 15 is 0 Å². The van der Waals surface area contributed by atoms with Gasteiger partial charge in [0.2, 0.25) is 5.75 Å². The van der Waals surface area contributed by atoms with Gasteiger partial charge in [-0.1, -0.05) is 84.1 Å². The average Bonchev–Trinajstić information content (AvgIpc) is 2.82. The summed E-state index contributed by atoms with van der Waals surface area (Å²) in [5.74, 6) is 1.92. The van der Waals surface area contributed by atoms with Crippen LogP contribution in [0.15, 0.2) is 79.0 Å². The molecular formula is C30H28NOSi+. The lowest BCUT2D eigenvalue weighted by molar-refractivity contribution is -0.659. The first-order valence-electron chi connectivity index (χ1n) is 11.6. The normalized spacial score (nSPS) is 12.6. The lowest BCUT2D eigenvalue weighted by Gasteiger charge is -2.25. The van der Waals surface area contributed by atoms with Crippen LogP contribution in [0.1, 0.15) is 11.1 Å². The minimum absolute atomic E-state index is 0.952. The van der Waals surface area contributed by atoms with E-state index in [0.717, 1.165) is 11.5 Å². The van der Waals surface area contributed by atoms with Crippen LogP contribution in [-0.4, -0.2) is 8.07 Å². The van der Waals surface area contributed by atoms with Crippen molar-refractivity contribution in [2.24, 2.45) is 7.05 Å². The first kappa shape index (κ1) is 20.2. The molecule has 6 rings (SSSR count). The van der Waals surface area contributed by atoms with E-state index in [2.05, 4.69) is 118 Å². The van der Waals surface area contributed by atoms with Crippen molar-refractivity contribution < 1.29 is 9.30 Å². The highest BCUT2D eigenvalue weighted by Crippen LogP contribution is 2.49. The molecule has 0 aliphatic carbocycles. The van der Waals surface area contributed by atoms with Crippen molar-refractivity contribution in [1.29, 1.82) is 0 Å². The molecule has 2 heterocycles. The Morgan fingerprint density at radius 3 is 2.36 bits per heavy atom. The quantitative estimate of drug-likeness (QED) is 0.234. The molecule has 0 atom stereocenters. The molecule has 5 aromatic rings. The fourth-order valence-corrected chi connectivity index (χ4v) is 7.77. The van der Waals surface area contributed by atoms with Crippen molar-refractivity contribution in [2.75, 3.05) is 0 Å². The smallest absolute Gasteiger partial charge is 0.257 e. The molecule has 0 saturated carbocycles. The number of aryl methyl sites for hydroxylation is 2. The summed E-state index contributed by atoms with van der Waals surface area (Å²) in [4.78, 5) is 0. The number of hydrogen-bond donors (Lipinski definition) is 0. The monoisotopic (exact) mass is 446 g/mol. The number of hydrogen-bond acceptors (Lipinski definition) is 1. The molecule has 1 aliphatic rings. The number of nitrogens with zero attached hydrogens (tertiary/aromatic N) is 1. The van der Waals surface area contributed by atoms with Crippen LogP contribution in [0.5, 0.6) is 11.5 Å². The maximum Gasteiger partial charge on any atom is 0.257 e. The molecule has 2 nitrogen and oxygen atoms in total. The first-order chi connectivity index (χ1) is 15.9. The van der Waals surface area contributed by atoms with Gasteiger partial charge >= 0.3 is 0 Å². The topological polar surface area (TPSA) is 13.1 Å². The van der Waals surface area contributed by atoms with Crippen molar-refractivity contribution in [2.45, 2.75) is 26.9 Å². The van der Waals surface area contributed by atoms with Crippen LogP contribution < -0.4 is 19.7 Å². The van der Waals surface area contributed by atoms with Gasteiger partial charge in [0.1, 0.15) is 20.9 Å². The van der Waals surface area contributed by atoms with Crippen LogP contribution in [0, 0.1) is 13.8 Å². The van der Waals surface area contributed by atoms with E-state index in [4.69, 9.17) is 4.74 Å². The SMILES string of the molecule is Cc1cc2cccc3c2c(c1C)-c1c(c2ccc([Si](C)(C)c4ccccc4)cc2c[n+]1C)O3. The third-order valence-corrected chi connectivity index (χ3v) is 11.0. The van der Waals surface area contributed by atoms with Gasteiger partial charge in [-0.25, -0.2) is 0 Å². The highest BCUT2D eigenvalue weighted by atomic mass is 28.3. The Balaban J connectivity index is 1.62. The van der Waals surface area contributed by atoms with Gasteiger partial charge in [-0.3, -0.25) is 0 Å². The Hall–Kier alpha value is -3.43. The van der Waals surface area contributed by atoms with Crippen LogP contribution in [0.3, 0.4) is 0 Å². The third-order valence-electron chi connectivity index (χ3n) is 7.51. The summed E-state index contributed by atoms with van der Waals surface area (Å²) in [6.45, 7) is 9.30. The first-order valence-corrected chi connectivity index (χ1v) is 14.6. The van der Waals surface area contributed by atoms with Crippen LogP contribution in [-0.2, 0) is 7.05 Å². The summed E-state index contributed by atoms with van der Waals surface area (Å²) in [6, 6.07) is 26.6. The second kappa shape index (κ2) is 7.03. The van der Waals surface area contributed by atoms with Crippen LogP contribution in [0.25, 0.3) is 32.8 Å². The standard InChI is InChI=1S/C30H28NOSi/c1-19-16-21-10-9-13-26-28(21)27(20(19)2)29-30(32-26)25-15-14-24(17-22(25)18-31(29)3)33(4,5)23-11-7-6-8-12-23/h6-18H,1-5H3/q+1. The Bertz CT molecular complexity index is 1580. The molecule has 0 fully saturated rings. The number of pyridine rings is 1. The van der Waals surface area contributed by atoms with Gasteiger partial charge in [0.15, 0.2) is 6.20 Å². The summed E-state index contributed by atoms with van der Waals surface area (Å²) in [5.41, 5.74) is 5.10. The maximum absolute atomic E-state index is 6.64. The molecule has 0 radical (unpaired) electrons. The van der Waals surface area contributed by atoms with E-state index in [-0.39, 0.29) is 0 Å². The van der Waals surface area contributed by atoms with E-state index < -0.39 is 8.07 Å². The van der Waals surface area contributed by atoms with Gasteiger partial charge in [0.25, 0.3) is 5.69 Å². The van der Waals surface area contributed by atoms with E-state index in [1.54, 1.807) is 0 Å². The summed E-state index contributed by atoms with van der Waals surface area (Å²) >= 11 is 0. The third kappa shape index (κ3) is 2.89. The van der Waals surface area contributed by atoms with Crippen molar-refractivity contribution in [3.05, 3.63) is 90.1 Å². The second-order valence-electron chi connectivity index (χ2n) is 9.86. The molecule has 3 heteroatoms. The Morgan fingerprint density at radius 2 is 1.58 bits per heavy atom. The summed E-state index contributed by atoms with van der Waals surface area (Å²) in [6.07, 6.45) is 2.28. The predicted octanol–water partition coefficient (Wildman–Crippen LogP) is 6.03. The summed E-state index contributed by atoms with van der Waals surface area (Å²) < 4.78 is 8.90. The molecule has 0 amide bonds. The van der Waals surface area contributed by atoms with E-state index in [1.165, 1.54) is 54.3 Å². The molecule has 0 saturated heterocycles. The number of benzene rings is 4. The molecule has 0 spiro atoms. The van der Waals surface area contributed by atoms with Crippen LogP contribution >= 0.6 is 0 Å². The van der Waals surface area contributed by atoms with E-state index in [9.17, 15) is 0 Å². The predicted molar refractivity (Wildman–Crippen MR) is 141 cm³/mol. The highest BCUT2D eigenvalue weighted by molar-refractivity contribution is 7.00. The van der Waals surface area contributed by atoms with E-state index in [0.29, 0.717) is 0 Å².